The van der Waals surface area contributed by atoms with Crippen molar-refractivity contribution in [1.29, 1.82) is 0 Å². The maximum Gasteiger partial charge on any atom is 0.131 e. The van der Waals surface area contributed by atoms with Crippen LogP contribution >= 0.6 is 0 Å². The molecule has 0 N–H and O–H groups in total. The lowest BCUT2D eigenvalue weighted by Crippen LogP contribution is -2.24. The Balaban J connectivity index is 2.66. The molecule has 3 heteroatoms. The van der Waals surface area contributed by atoms with Gasteiger partial charge in [-0.15, -0.1) is 6.58 Å². The SMILES string of the molecule is C=CCC1(C)OCc2c(C(C)(C)C)nc(C(C)C)nc21. The van der Waals surface area contributed by atoms with Gasteiger partial charge in [0.2, 0.25) is 0 Å². The maximum atomic E-state index is 6.05. The molecule has 0 saturated heterocycles. The average molecular weight is 274 g/mol. The van der Waals surface area contributed by atoms with Gasteiger partial charge >= 0.3 is 0 Å². The molecular weight excluding hydrogens is 248 g/mol. The van der Waals surface area contributed by atoms with Gasteiger partial charge in [0.05, 0.1) is 18.0 Å². The Labute approximate surface area is 122 Å². The van der Waals surface area contributed by atoms with Crippen molar-refractivity contribution in [3.05, 3.63) is 35.4 Å². The minimum Gasteiger partial charge on any atom is -0.364 e. The van der Waals surface area contributed by atoms with E-state index in [1.165, 1.54) is 5.56 Å². The Bertz CT molecular complexity index is 529. The predicted molar refractivity (Wildman–Crippen MR) is 81.8 cm³/mol. The number of aromatic nitrogens is 2. The van der Waals surface area contributed by atoms with Gasteiger partial charge in [-0.05, 0) is 13.3 Å². The Morgan fingerprint density at radius 1 is 1.35 bits per heavy atom. The van der Waals surface area contributed by atoms with Crippen molar-refractivity contribution in [3.63, 3.8) is 0 Å². The zero-order valence-electron chi connectivity index (χ0n) is 13.6. The minimum absolute atomic E-state index is 0.000543. The van der Waals surface area contributed by atoms with E-state index in [0.717, 1.165) is 23.6 Å². The molecule has 1 unspecified atom stereocenters. The van der Waals surface area contributed by atoms with Gasteiger partial charge in [-0.25, -0.2) is 9.97 Å². The topological polar surface area (TPSA) is 35.0 Å². The van der Waals surface area contributed by atoms with Gasteiger partial charge in [0.1, 0.15) is 11.4 Å². The largest absolute Gasteiger partial charge is 0.364 e. The van der Waals surface area contributed by atoms with E-state index in [2.05, 4.69) is 48.1 Å². The van der Waals surface area contributed by atoms with Gasteiger partial charge in [0.15, 0.2) is 0 Å². The molecule has 2 heterocycles. The number of fused-ring (bicyclic) bond motifs is 1. The van der Waals surface area contributed by atoms with Crippen LogP contribution in [-0.2, 0) is 22.4 Å². The zero-order valence-corrected chi connectivity index (χ0v) is 13.6. The van der Waals surface area contributed by atoms with E-state index in [9.17, 15) is 0 Å². The highest BCUT2D eigenvalue weighted by Crippen LogP contribution is 2.41. The number of hydrogen-bond donors (Lipinski definition) is 0. The number of hydrogen-bond acceptors (Lipinski definition) is 3. The molecule has 0 spiro atoms. The Hall–Kier alpha value is -1.22. The van der Waals surface area contributed by atoms with Crippen LogP contribution in [0.5, 0.6) is 0 Å². The smallest absolute Gasteiger partial charge is 0.131 e. The molecule has 110 valence electrons. The van der Waals surface area contributed by atoms with Gasteiger partial charge in [0.25, 0.3) is 0 Å². The maximum absolute atomic E-state index is 6.05. The molecule has 20 heavy (non-hydrogen) atoms. The van der Waals surface area contributed by atoms with Crippen molar-refractivity contribution in [2.24, 2.45) is 0 Å². The molecule has 0 fully saturated rings. The summed E-state index contributed by atoms with van der Waals surface area (Å²) in [6.07, 6.45) is 2.68. The molecule has 0 aliphatic carbocycles. The van der Waals surface area contributed by atoms with Crippen molar-refractivity contribution in [3.8, 4) is 0 Å². The van der Waals surface area contributed by atoms with Crippen molar-refractivity contribution in [2.75, 3.05) is 0 Å². The van der Waals surface area contributed by atoms with E-state index in [-0.39, 0.29) is 11.0 Å². The van der Waals surface area contributed by atoms with Crippen LogP contribution in [0.3, 0.4) is 0 Å². The van der Waals surface area contributed by atoms with Crippen molar-refractivity contribution >= 4 is 0 Å². The molecule has 0 bridgehead atoms. The predicted octanol–water partition coefficient (Wildman–Crippen LogP) is 4.22. The molecule has 1 aromatic heterocycles. The van der Waals surface area contributed by atoms with Crippen LogP contribution in [0.2, 0.25) is 0 Å². The lowest BCUT2D eigenvalue weighted by atomic mass is 9.85. The van der Waals surface area contributed by atoms with Crippen LogP contribution in [0.15, 0.2) is 12.7 Å². The average Bonchev–Trinajstić information content (AvgIpc) is 2.65. The van der Waals surface area contributed by atoms with E-state index in [4.69, 9.17) is 14.7 Å². The first-order chi connectivity index (χ1) is 9.19. The molecule has 0 amide bonds. The van der Waals surface area contributed by atoms with Crippen LogP contribution in [0.1, 0.15) is 76.7 Å². The van der Waals surface area contributed by atoms with Crippen LogP contribution in [-0.4, -0.2) is 9.97 Å². The van der Waals surface area contributed by atoms with Crippen LogP contribution < -0.4 is 0 Å². The third-order valence-corrected chi connectivity index (χ3v) is 3.82. The number of rotatable bonds is 3. The van der Waals surface area contributed by atoms with Crippen LogP contribution in [0.4, 0.5) is 0 Å². The molecule has 1 aromatic rings. The van der Waals surface area contributed by atoms with E-state index in [1.54, 1.807) is 0 Å². The Morgan fingerprint density at radius 2 is 2.00 bits per heavy atom. The Morgan fingerprint density at radius 3 is 2.50 bits per heavy atom. The summed E-state index contributed by atoms with van der Waals surface area (Å²) in [5, 5.41) is 0. The van der Waals surface area contributed by atoms with Gasteiger partial charge in [-0.1, -0.05) is 40.7 Å². The fraction of sp³-hybridized carbons (Fsp3) is 0.647. The molecule has 3 nitrogen and oxygen atoms in total. The van der Waals surface area contributed by atoms with Crippen LogP contribution in [0, 0.1) is 0 Å². The summed E-state index contributed by atoms with van der Waals surface area (Å²) < 4.78 is 6.05. The summed E-state index contributed by atoms with van der Waals surface area (Å²) >= 11 is 0. The third kappa shape index (κ3) is 2.51. The lowest BCUT2D eigenvalue weighted by Gasteiger charge is -2.25. The molecule has 0 radical (unpaired) electrons. The third-order valence-electron chi connectivity index (χ3n) is 3.82. The second-order valence-corrected chi connectivity index (χ2v) is 7.17. The van der Waals surface area contributed by atoms with Crippen molar-refractivity contribution in [1.82, 2.24) is 9.97 Å². The standard InChI is InChI=1S/C17H26N2O/c1-8-9-17(7)14-12(10-20-17)13(16(4,5)6)18-15(19-14)11(2)3/h8,11H,1,9-10H2,2-7H3. The highest BCUT2D eigenvalue weighted by atomic mass is 16.5. The van der Waals surface area contributed by atoms with Gasteiger partial charge in [-0.2, -0.15) is 0 Å². The quantitative estimate of drug-likeness (QED) is 0.774. The van der Waals surface area contributed by atoms with Gasteiger partial charge in [-0.3, -0.25) is 0 Å². The molecule has 1 aliphatic rings. The highest BCUT2D eigenvalue weighted by molar-refractivity contribution is 5.37. The zero-order chi connectivity index (χ0) is 15.1. The van der Waals surface area contributed by atoms with Crippen LogP contribution in [0.25, 0.3) is 0 Å². The lowest BCUT2D eigenvalue weighted by molar-refractivity contribution is -0.0231. The fourth-order valence-electron chi connectivity index (χ4n) is 2.68. The number of ether oxygens (including phenoxy) is 1. The molecule has 1 aliphatic heterocycles. The van der Waals surface area contributed by atoms with E-state index in [1.807, 2.05) is 6.08 Å². The molecule has 0 aromatic carbocycles. The van der Waals surface area contributed by atoms with E-state index >= 15 is 0 Å². The summed E-state index contributed by atoms with van der Waals surface area (Å²) in [6.45, 7) is 17.4. The summed E-state index contributed by atoms with van der Waals surface area (Å²) in [6, 6.07) is 0. The number of nitrogens with zero attached hydrogens (tertiary/aromatic N) is 2. The van der Waals surface area contributed by atoms with Crippen molar-refractivity contribution < 1.29 is 4.74 Å². The summed E-state index contributed by atoms with van der Waals surface area (Å²) in [5.41, 5.74) is 3.00. The first-order valence-electron chi connectivity index (χ1n) is 7.35. The molecule has 1 atom stereocenters. The van der Waals surface area contributed by atoms with Crippen molar-refractivity contribution in [2.45, 2.75) is 71.5 Å². The summed E-state index contributed by atoms with van der Waals surface area (Å²) in [5.74, 6) is 1.23. The minimum atomic E-state index is -0.357. The van der Waals surface area contributed by atoms with Gasteiger partial charge in [0, 0.05) is 16.9 Å². The molecule has 2 rings (SSSR count). The van der Waals surface area contributed by atoms with E-state index in [0.29, 0.717) is 12.5 Å². The van der Waals surface area contributed by atoms with Gasteiger partial charge < -0.3 is 4.74 Å². The Kier molecular flexibility index (Phi) is 3.76. The van der Waals surface area contributed by atoms with E-state index < -0.39 is 0 Å². The highest BCUT2D eigenvalue weighted by Gasteiger charge is 2.40. The second kappa shape index (κ2) is 4.96. The monoisotopic (exact) mass is 274 g/mol. The summed E-state index contributed by atoms with van der Waals surface area (Å²) in [4.78, 5) is 9.64. The normalized spacial score (nSPS) is 22.1. The second-order valence-electron chi connectivity index (χ2n) is 7.17. The summed E-state index contributed by atoms with van der Waals surface area (Å²) in [7, 11) is 0. The fourth-order valence-corrected chi connectivity index (χ4v) is 2.68. The molecular formula is C17H26N2O. The first kappa shape index (κ1) is 15.2. The molecule has 0 saturated carbocycles. The first-order valence-corrected chi connectivity index (χ1v) is 7.35.